The third kappa shape index (κ3) is 10.7. The van der Waals surface area contributed by atoms with Gasteiger partial charge >= 0.3 is 5.91 Å². The molecule has 1 aliphatic rings. The van der Waals surface area contributed by atoms with Crippen molar-refractivity contribution in [1.82, 2.24) is 4.90 Å². The number of amides is 1. The molecule has 0 bridgehead atoms. The van der Waals surface area contributed by atoms with E-state index in [4.69, 9.17) is 16.3 Å². The average molecular weight is 558 g/mol. The van der Waals surface area contributed by atoms with Gasteiger partial charge in [-0.25, -0.2) is 4.99 Å². The van der Waals surface area contributed by atoms with Gasteiger partial charge < -0.3 is 4.74 Å². The summed E-state index contributed by atoms with van der Waals surface area (Å²) in [4.78, 5) is 19.3. The van der Waals surface area contributed by atoms with Crippen LogP contribution in [0.15, 0.2) is 54.6 Å². The summed E-state index contributed by atoms with van der Waals surface area (Å²) in [6.45, 7) is 20.2. The Morgan fingerprint density at radius 1 is 1.00 bits per heavy atom. The Morgan fingerprint density at radius 2 is 1.56 bits per heavy atom. The van der Waals surface area contributed by atoms with Crippen LogP contribution in [-0.4, -0.2) is 41.9 Å². The molecule has 0 saturated heterocycles. The van der Waals surface area contributed by atoms with Crippen molar-refractivity contribution in [2.45, 2.75) is 106 Å². The van der Waals surface area contributed by atoms with Gasteiger partial charge in [-0.15, -0.1) is 11.6 Å². The lowest BCUT2D eigenvalue weighted by Gasteiger charge is -2.34. The highest BCUT2D eigenvalue weighted by molar-refractivity contribution is 6.43. The van der Waals surface area contributed by atoms with Crippen LogP contribution in [0.2, 0.25) is 0 Å². The molecule has 0 aromatic heterocycles. The number of benzene rings is 2. The first kappa shape index (κ1) is 34.9. The molecule has 2 aromatic rings. The number of nitrogens with one attached hydrogen (secondary N) is 1. The van der Waals surface area contributed by atoms with Crippen molar-refractivity contribution in [3.8, 4) is 0 Å². The highest BCUT2D eigenvalue weighted by Gasteiger charge is 2.51. The lowest BCUT2D eigenvalue weighted by atomic mass is 9.79. The average Bonchev–Trinajstić information content (AvgIpc) is 3.19. The predicted octanol–water partition coefficient (Wildman–Crippen LogP) is 7.15. The number of halogens is 1. The fourth-order valence-corrected chi connectivity index (χ4v) is 5.02. The molecule has 3 unspecified atom stereocenters. The number of hydrogen-bond acceptors (Lipinski definition) is 2. The topological polar surface area (TPSA) is 43.5 Å². The Hall–Kier alpha value is -2.17. The summed E-state index contributed by atoms with van der Waals surface area (Å²) in [5.41, 5.74) is 3.64. The Bertz CT molecular complexity index is 989. The highest BCUT2D eigenvalue weighted by Crippen LogP contribution is 2.31. The molecule has 39 heavy (non-hydrogen) atoms. The fraction of sp³-hybridized carbons (Fsp3) is 0.588. The van der Waals surface area contributed by atoms with Gasteiger partial charge in [0.05, 0.1) is 5.56 Å². The fourth-order valence-electron chi connectivity index (χ4n) is 4.86. The second-order valence-electron chi connectivity index (χ2n) is 11.7. The van der Waals surface area contributed by atoms with Gasteiger partial charge in [0, 0.05) is 39.0 Å². The van der Waals surface area contributed by atoms with Crippen LogP contribution in [0.1, 0.15) is 97.8 Å². The summed E-state index contributed by atoms with van der Waals surface area (Å²) in [6.07, 6.45) is 3.93. The molecular weight excluding hydrogens is 504 g/mol. The van der Waals surface area contributed by atoms with Crippen LogP contribution < -0.4 is 4.99 Å². The van der Waals surface area contributed by atoms with Crippen molar-refractivity contribution in [3.05, 3.63) is 71.3 Å². The van der Waals surface area contributed by atoms with Gasteiger partial charge in [0.2, 0.25) is 5.66 Å². The van der Waals surface area contributed by atoms with Crippen molar-refractivity contribution in [2.24, 2.45) is 11.3 Å². The Labute approximate surface area is 244 Å². The van der Waals surface area contributed by atoms with Crippen molar-refractivity contribution in [2.75, 3.05) is 13.7 Å². The van der Waals surface area contributed by atoms with Gasteiger partial charge in [0.25, 0.3) is 5.71 Å². The number of ether oxygens (including phenoxy) is 1. The molecule has 3 rings (SSSR count). The molecule has 0 spiro atoms. The molecule has 3 atom stereocenters. The predicted molar refractivity (Wildman–Crippen MR) is 167 cm³/mol. The molecule has 218 valence electrons. The number of nitrogens with zero attached hydrogens (tertiary/aromatic N) is 1. The number of rotatable bonds is 10. The summed E-state index contributed by atoms with van der Waals surface area (Å²) in [6, 6.07) is 18.3. The molecule has 1 aliphatic heterocycles. The van der Waals surface area contributed by atoms with Gasteiger partial charge in [-0.3, -0.25) is 9.69 Å². The number of carbonyl (C=O) groups is 1. The van der Waals surface area contributed by atoms with Crippen molar-refractivity contribution >= 4 is 23.2 Å². The molecule has 2 aromatic carbocycles. The molecule has 1 amide bonds. The zero-order valence-electron chi connectivity index (χ0n) is 26.2. The minimum atomic E-state index is -0.415. The second-order valence-corrected chi connectivity index (χ2v) is 12.0. The monoisotopic (exact) mass is 557 g/mol. The smallest absolute Gasteiger partial charge is 0.324 e. The summed E-state index contributed by atoms with van der Waals surface area (Å²) in [5, 5.41) is 0. The minimum absolute atomic E-state index is 0.0705. The summed E-state index contributed by atoms with van der Waals surface area (Å²) in [5.74, 6) is 1.13. The maximum absolute atomic E-state index is 13.6. The van der Waals surface area contributed by atoms with Crippen molar-refractivity contribution in [1.29, 1.82) is 0 Å². The highest BCUT2D eigenvalue weighted by atomic mass is 35.5. The van der Waals surface area contributed by atoms with E-state index in [1.165, 1.54) is 0 Å². The Kier molecular flexibility index (Phi) is 15.0. The third-order valence-corrected chi connectivity index (χ3v) is 7.87. The SMILES string of the molecule is CC.COCCC(C)N1C(=O)C(c2cc(C)cc(CCl)c2)=[NH+]C1(C)CCCC(C)C(C)(C)C.c1ccccc1. The summed E-state index contributed by atoms with van der Waals surface area (Å²) >= 11 is 6.10. The first-order valence-corrected chi connectivity index (χ1v) is 15.1. The van der Waals surface area contributed by atoms with E-state index >= 15 is 0 Å². The molecule has 4 nitrogen and oxygen atoms in total. The van der Waals surface area contributed by atoms with Crippen LogP contribution in [0.5, 0.6) is 0 Å². The molecular formula is C34H54ClN2O2+. The van der Waals surface area contributed by atoms with Crippen LogP contribution >= 0.6 is 11.6 Å². The normalized spacial score (nSPS) is 18.4. The van der Waals surface area contributed by atoms with Gasteiger partial charge in [0.1, 0.15) is 0 Å². The third-order valence-electron chi connectivity index (χ3n) is 7.57. The Balaban J connectivity index is 0.000000821. The van der Waals surface area contributed by atoms with Crippen LogP contribution in [0.3, 0.4) is 0 Å². The molecule has 0 fully saturated rings. The number of alkyl halides is 1. The van der Waals surface area contributed by atoms with Crippen molar-refractivity contribution in [3.63, 3.8) is 0 Å². The first-order valence-electron chi connectivity index (χ1n) is 14.6. The molecule has 1 heterocycles. The van der Waals surface area contributed by atoms with E-state index in [1.807, 2.05) is 68.1 Å². The van der Waals surface area contributed by atoms with Crippen LogP contribution in [-0.2, 0) is 15.4 Å². The van der Waals surface area contributed by atoms with Gasteiger partial charge in [-0.05, 0) is 67.7 Å². The van der Waals surface area contributed by atoms with E-state index in [9.17, 15) is 4.79 Å². The summed E-state index contributed by atoms with van der Waals surface area (Å²) < 4.78 is 5.30. The number of carbonyl (C=O) groups excluding carboxylic acids is 1. The zero-order valence-corrected chi connectivity index (χ0v) is 27.0. The van der Waals surface area contributed by atoms with Crippen LogP contribution in [0, 0.1) is 18.3 Å². The van der Waals surface area contributed by atoms with E-state index < -0.39 is 5.66 Å². The molecule has 0 aliphatic carbocycles. The largest absolute Gasteiger partial charge is 0.385 e. The van der Waals surface area contributed by atoms with E-state index in [1.54, 1.807) is 7.11 Å². The Morgan fingerprint density at radius 3 is 2.05 bits per heavy atom. The lowest BCUT2D eigenvalue weighted by Crippen LogP contribution is -2.86. The molecule has 0 saturated carbocycles. The molecule has 0 radical (unpaired) electrons. The van der Waals surface area contributed by atoms with Gasteiger partial charge in [-0.2, -0.15) is 0 Å². The van der Waals surface area contributed by atoms with Crippen LogP contribution in [0.4, 0.5) is 0 Å². The maximum atomic E-state index is 13.6. The van der Waals surface area contributed by atoms with E-state index in [0.29, 0.717) is 29.5 Å². The molecule has 5 heteroatoms. The standard InChI is InChI=1S/C26H41ClN2O2.C6H6.C2H6/c1-18-14-21(17-27)16-22(15-18)23-24(30)29(20(3)11-13-31-8)26(7,28-23)12-9-10-19(2)25(4,5)6;1-2-4-6-5-3-1;1-2/h14-16,19-20H,9-13,17H2,1-8H3;1-6H;1-2H3/p+1. The van der Waals surface area contributed by atoms with Gasteiger partial charge in [0.15, 0.2) is 0 Å². The number of hydrogen-bond donors (Lipinski definition) is 1. The first-order chi connectivity index (χ1) is 18.4. The van der Waals surface area contributed by atoms with E-state index in [-0.39, 0.29) is 11.9 Å². The lowest BCUT2D eigenvalue weighted by molar-refractivity contribution is -0.569. The zero-order chi connectivity index (χ0) is 29.6. The van der Waals surface area contributed by atoms with Crippen molar-refractivity contribution < 1.29 is 14.5 Å². The second kappa shape index (κ2) is 16.8. The van der Waals surface area contributed by atoms with E-state index in [0.717, 1.165) is 42.4 Å². The number of aryl methyl sites for hydroxylation is 1. The molecule has 1 N–H and O–H groups in total. The summed E-state index contributed by atoms with van der Waals surface area (Å²) in [7, 11) is 1.71. The van der Waals surface area contributed by atoms with Crippen LogP contribution in [0.25, 0.3) is 0 Å². The quantitative estimate of drug-likeness (QED) is 0.315. The minimum Gasteiger partial charge on any atom is -0.385 e. The maximum Gasteiger partial charge on any atom is 0.324 e. The van der Waals surface area contributed by atoms with Gasteiger partial charge in [-0.1, -0.05) is 84.0 Å². The number of methoxy groups -OCH3 is 1. The van der Waals surface area contributed by atoms with E-state index in [2.05, 4.69) is 58.7 Å².